The molecule has 0 amide bonds. The Morgan fingerprint density at radius 3 is 2.90 bits per heavy atom. The summed E-state index contributed by atoms with van der Waals surface area (Å²) in [6.45, 7) is 0.875. The third-order valence-electron chi connectivity index (χ3n) is 1.17. The molecule has 0 aliphatic carbocycles. The predicted molar refractivity (Wildman–Crippen MR) is 44.7 cm³/mol. The van der Waals surface area contributed by atoms with Gasteiger partial charge in [-0.3, -0.25) is 0 Å². The summed E-state index contributed by atoms with van der Waals surface area (Å²) in [6, 6.07) is 3.97. The number of hydrogen-bond acceptors (Lipinski definition) is 2. The van der Waals surface area contributed by atoms with Crippen LogP contribution in [-0.4, -0.2) is 12.0 Å². The van der Waals surface area contributed by atoms with Gasteiger partial charge in [-0.1, -0.05) is 6.07 Å². The van der Waals surface area contributed by atoms with Gasteiger partial charge in [-0.05, 0) is 34.6 Å². The smallest absolute Gasteiger partial charge is 0.106 e. The van der Waals surface area contributed by atoms with Crippen LogP contribution in [0.3, 0.4) is 0 Å². The Labute approximate surface area is 68.8 Å². The van der Waals surface area contributed by atoms with E-state index in [-0.39, 0.29) is 0 Å². The van der Waals surface area contributed by atoms with Crippen molar-refractivity contribution in [1.29, 1.82) is 0 Å². The first-order valence-electron chi connectivity index (χ1n) is 3.08. The second-order valence-corrected chi connectivity index (χ2v) is 2.83. The molecule has 0 aliphatic rings. The van der Waals surface area contributed by atoms with Crippen molar-refractivity contribution in [3.63, 3.8) is 0 Å². The number of halogens is 1. The summed E-state index contributed by atoms with van der Waals surface area (Å²) in [6.07, 6.45) is 1.85. The van der Waals surface area contributed by atoms with Crippen LogP contribution in [0.15, 0.2) is 22.9 Å². The van der Waals surface area contributed by atoms with E-state index in [2.05, 4.69) is 26.2 Å². The van der Waals surface area contributed by atoms with Crippen molar-refractivity contribution < 1.29 is 0 Å². The third-order valence-corrected chi connectivity index (χ3v) is 1.64. The summed E-state index contributed by atoms with van der Waals surface area (Å²) in [4.78, 5) is 4.07. The van der Waals surface area contributed by atoms with E-state index in [1.54, 1.807) is 0 Å². The highest BCUT2D eigenvalue weighted by Gasteiger charge is 1.89. The summed E-state index contributed by atoms with van der Waals surface area (Å²) in [5.74, 6) is 0. The number of nitrogens with zero attached hydrogens (tertiary/aromatic N) is 1. The molecule has 0 atom stereocenters. The molecular formula is C7H9BrN2. The Balaban J connectivity index is 2.69. The molecule has 0 aromatic carbocycles. The Morgan fingerprint density at radius 2 is 2.40 bits per heavy atom. The number of rotatable bonds is 2. The van der Waals surface area contributed by atoms with E-state index in [1.807, 2.05) is 25.4 Å². The van der Waals surface area contributed by atoms with Gasteiger partial charge in [0, 0.05) is 12.7 Å². The molecular weight excluding hydrogens is 192 g/mol. The fourth-order valence-corrected chi connectivity index (χ4v) is 0.950. The van der Waals surface area contributed by atoms with Crippen molar-refractivity contribution in [3.8, 4) is 0 Å². The van der Waals surface area contributed by atoms with Crippen LogP contribution in [0.1, 0.15) is 5.56 Å². The van der Waals surface area contributed by atoms with Crippen LogP contribution in [0.25, 0.3) is 0 Å². The Kier molecular flexibility index (Phi) is 2.83. The minimum atomic E-state index is 0.875. The summed E-state index contributed by atoms with van der Waals surface area (Å²) < 4.78 is 0.882. The molecule has 54 valence electrons. The first kappa shape index (κ1) is 7.69. The first-order valence-corrected chi connectivity index (χ1v) is 3.87. The monoisotopic (exact) mass is 200 g/mol. The van der Waals surface area contributed by atoms with E-state index in [1.165, 1.54) is 5.56 Å². The van der Waals surface area contributed by atoms with E-state index >= 15 is 0 Å². The van der Waals surface area contributed by atoms with Gasteiger partial charge in [0.2, 0.25) is 0 Å². The first-order chi connectivity index (χ1) is 4.83. The van der Waals surface area contributed by atoms with Gasteiger partial charge in [-0.15, -0.1) is 0 Å². The molecule has 2 nitrogen and oxygen atoms in total. The van der Waals surface area contributed by atoms with E-state index in [0.717, 1.165) is 11.1 Å². The van der Waals surface area contributed by atoms with Crippen LogP contribution in [-0.2, 0) is 6.54 Å². The molecule has 3 heteroatoms. The fraction of sp³-hybridized carbons (Fsp3) is 0.286. The lowest BCUT2D eigenvalue weighted by molar-refractivity contribution is 0.812. The van der Waals surface area contributed by atoms with Gasteiger partial charge in [-0.25, -0.2) is 4.98 Å². The second-order valence-electron chi connectivity index (χ2n) is 2.02. The number of hydrogen-bond donors (Lipinski definition) is 1. The van der Waals surface area contributed by atoms with Gasteiger partial charge in [-0.2, -0.15) is 0 Å². The predicted octanol–water partition coefficient (Wildman–Crippen LogP) is 1.56. The molecule has 0 saturated carbocycles. The lowest BCUT2D eigenvalue weighted by atomic mass is 10.3. The van der Waals surface area contributed by atoms with Crippen LogP contribution >= 0.6 is 15.9 Å². The van der Waals surface area contributed by atoms with Gasteiger partial charge < -0.3 is 5.32 Å². The molecule has 1 rings (SSSR count). The molecule has 0 fully saturated rings. The zero-order valence-electron chi connectivity index (χ0n) is 5.76. The third kappa shape index (κ3) is 2.08. The van der Waals surface area contributed by atoms with Gasteiger partial charge in [0.25, 0.3) is 0 Å². The minimum absolute atomic E-state index is 0.875. The summed E-state index contributed by atoms with van der Waals surface area (Å²) in [7, 11) is 1.92. The van der Waals surface area contributed by atoms with Gasteiger partial charge in [0.05, 0.1) is 0 Å². The molecule has 1 aromatic heterocycles. The maximum Gasteiger partial charge on any atom is 0.106 e. The molecule has 1 heterocycles. The van der Waals surface area contributed by atoms with Crippen molar-refractivity contribution >= 4 is 15.9 Å². The number of pyridine rings is 1. The average Bonchev–Trinajstić information content (AvgIpc) is 1.95. The van der Waals surface area contributed by atoms with Crippen molar-refractivity contribution in [2.24, 2.45) is 0 Å². The van der Waals surface area contributed by atoms with Crippen LogP contribution < -0.4 is 5.32 Å². The van der Waals surface area contributed by atoms with Crippen molar-refractivity contribution in [2.45, 2.75) is 6.54 Å². The largest absolute Gasteiger partial charge is 0.316 e. The van der Waals surface area contributed by atoms with Crippen LogP contribution in [0, 0.1) is 0 Å². The van der Waals surface area contributed by atoms with Gasteiger partial charge >= 0.3 is 0 Å². The van der Waals surface area contributed by atoms with Crippen molar-refractivity contribution in [3.05, 3.63) is 28.5 Å². The number of nitrogens with one attached hydrogen (secondary N) is 1. The Morgan fingerprint density at radius 1 is 1.60 bits per heavy atom. The van der Waals surface area contributed by atoms with Crippen molar-refractivity contribution in [2.75, 3.05) is 7.05 Å². The minimum Gasteiger partial charge on any atom is -0.316 e. The maximum absolute atomic E-state index is 4.07. The molecule has 0 bridgehead atoms. The quantitative estimate of drug-likeness (QED) is 0.734. The number of aromatic nitrogens is 1. The lowest BCUT2D eigenvalue weighted by Crippen LogP contribution is -2.04. The lowest BCUT2D eigenvalue weighted by Gasteiger charge is -1.97. The fourth-order valence-electron chi connectivity index (χ4n) is 0.715. The molecule has 10 heavy (non-hydrogen) atoms. The highest BCUT2D eigenvalue weighted by molar-refractivity contribution is 9.10. The summed E-state index contributed by atoms with van der Waals surface area (Å²) in [5.41, 5.74) is 1.20. The molecule has 0 unspecified atom stereocenters. The molecule has 0 spiro atoms. The van der Waals surface area contributed by atoms with E-state index < -0.39 is 0 Å². The van der Waals surface area contributed by atoms with Gasteiger partial charge in [0.1, 0.15) is 4.60 Å². The zero-order chi connectivity index (χ0) is 7.40. The van der Waals surface area contributed by atoms with Crippen molar-refractivity contribution in [1.82, 2.24) is 10.3 Å². The van der Waals surface area contributed by atoms with Crippen LogP contribution in [0.4, 0.5) is 0 Å². The Hall–Kier alpha value is -0.410. The summed E-state index contributed by atoms with van der Waals surface area (Å²) in [5, 5.41) is 3.05. The normalized spacial score (nSPS) is 9.80. The SMILES string of the molecule is CNCc1ccc(Br)nc1. The second kappa shape index (κ2) is 3.68. The topological polar surface area (TPSA) is 24.9 Å². The maximum atomic E-state index is 4.07. The average molecular weight is 201 g/mol. The van der Waals surface area contributed by atoms with Crippen LogP contribution in [0.2, 0.25) is 0 Å². The highest BCUT2D eigenvalue weighted by atomic mass is 79.9. The molecule has 1 N–H and O–H groups in total. The molecule has 0 saturated heterocycles. The highest BCUT2D eigenvalue weighted by Crippen LogP contribution is 2.05. The van der Waals surface area contributed by atoms with E-state index in [0.29, 0.717) is 0 Å². The zero-order valence-corrected chi connectivity index (χ0v) is 7.35. The molecule has 1 aromatic rings. The molecule has 0 aliphatic heterocycles. The molecule has 0 radical (unpaired) electrons. The van der Waals surface area contributed by atoms with Gasteiger partial charge in [0.15, 0.2) is 0 Å². The van der Waals surface area contributed by atoms with E-state index in [4.69, 9.17) is 0 Å². The summed E-state index contributed by atoms with van der Waals surface area (Å²) >= 11 is 3.27. The van der Waals surface area contributed by atoms with Crippen LogP contribution in [0.5, 0.6) is 0 Å². The Bertz CT molecular complexity index is 195. The van der Waals surface area contributed by atoms with E-state index in [9.17, 15) is 0 Å². The standard InChI is InChI=1S/C7H9BrN2/c1-9-4-6-2-3-7(8)10-5-6/h2-3,5,9H,4H2,1H3.